The van der Waals surface area contributed by atoms with E-state index in [1.54, 1.807) is 29.4 Å². The molecular formula is C16H25ClN2O3S. The van der Waals surface area contributed by atoms with Crippen molar-refractivity contribution in [2.75, 3.05) is 26.7 Å². The van der Waals surface area contributed by atoms with Crippen molar-refractivity contribution in [1.29, 1.82) is 0 Å². The van der Waals surface area contributed by atoms with E-state index in [1.807, 2.05) is 7.05 Å². The molecule has 0 aromatic heterocycles. The molecule has 0 amide bonds. The second kappa shape index (κ2) is 8.78. The number of benzene rings is 1. The number of rotatable bonds is 6. The molecule has 130 valence electrons. The predicted octanol–water partition coefficient (Wildman–Crippen LogP) is 2.32. The number of nitrogens with zero attached hydrogens (tertiary/aromatic N) is 1. The highest BCUT2D eigenvalue weighted by atomic mass is 35.5. The maximum absolute atomic E-state index is 12.8. The van der Waals surface area contributed by atoms with Gasteiger partial charge >= 0.3 is 0 Å². The summed E-state index contributed by atoms with van der Waals surface area (Å²) in [5.41, 5.74) is 0.465. The average Bonchev–Trinajstić information content (AvgIpc) is 2.55. The van der Waals surface area contributed by atoms with Crippen molar-refractivity contribution < 1.29 is 13.2 Å². The zero-order valence-corrected chi connectivity index (χ0v) is 15.3. The Bertz CT molecular complexity index is 632. The van der Waals surface area contributed by atoms with Gasteiger partial charge in [0.25, 0.3) is 0 Å². The number of halogens is 1. The Kier molecular flexibility index (Phi) is 7.67. The number of hydrogen-bond acceptors (Lipinski definition) is 4. The fourth-order valence-electron chi connectivity index (χ4n) is 2.88. The Labute approximate surface area is 144 Å². The number of carbonyl (C=O) groups excluding carboxylic acids is 1. The maximum Gasteiger partial charge on any atom is 0.243 e. The highest BCUT2D eigenvalue weighted by Gasteiger charge is 2.30. The summed E-state index contributed by atoms with van der Waals surface area (Å²) in [5.74, 6) is 0.303. The first-order chi connectivity index (χ1) is 10.5. The summed E-state index contributed by atoms with van der Waals surface area (Å²) >= 11 is 0. The van der Waals surface area contributed by atoms with E-state index < -0.39 is 10.0 Å². The molecule has 1 atom stereocenters. The Hall–Kier alpha value is -0.950. The summed E-state index contributed by atoms with van der Waals surface area (Å²) in [7, 11) is -1.64. The summed E-state index contributed by atoms with van der Waals surface area (Å²) < 4.78 is 27.1. The van der Waals surface area contributed by atoms with Crippen LogP contribution in [0.2, 0.25) is 0 Å². The second-order valence-electron chi connectivity index (χ2n) is 5.73. The van der Waals surface area contributed by atoms with E-state index >= 15 is 0 Å². The number of sulfonamides is 1. The van der Waals surface area contributed by atoms with Crippen LogP contribution in [0.1, 0.15) is 36.5 Å². The molecule has 1 fully saturated rings. The number of ketones is 1. The van der Waals surface area contributed by atoms with Gasteiger partial charge in [0.1, 0.15) is 0 Å². The fraction of sp³-hybridized carbons (Fsp3) is 0.562. The Balaban J connectivity index is 0.00000264. The minimum atomic E-state index is -3.52. The van der Waals surface area contributed by atoms with Gasteiger partial charge in [-0.1, -0.05) is 19.1 Å². The van der Waals surface area contributed by atoms with Crippen molar-refractivity contribution in [3.63, 3.8) is 0 Å². The first-order valence-corrected chi connectivity index (χ1v) is 9.21. The van der Waals surface area contributed by atoms with Crippen molar-refractivity contribution in [2.45, 2.75) is 31.1 Å². The van der Waals surface area contributed by atoms with Gasteiger partial charge in [-0.2, -0.15) is 4.31 Å². The summed E-state index contributed by atoms with van der Waals surface area (Å²) in [5, 5.41) is 3.11. The zero-order chi connectivity index (χ0) is 16.2. The largest absolute Gasteiger partial charge is 0.319 e. The van der Waals surface area contributed by atoms with Gasteiger partial charge in [-0.15, -0.1) is 12.4 Å². The number of piperidine rings is 1. The van der Waals surface area contributed by atoms with Crippen molar-refractivity contribution in [3.05, 3.63) is 29.8 Å². The van der Waals surface area contributed by atoms with E-state index in [-0.39, 0.29) is 23.1 Å². The summed E-state index contributed by atoms with van der Waals surface area (Å²) in [6.07, 6.45) is 2.29. The average molecular weight is 361 g/mol. The lowest BCUT2D eigenvalue weighted by Gasteiger charge is -2.31. The second-order valence-corrected chi connectivity index (χ2v) is 7.67. The first kappa shape index (κ1) is 20.1. The maximum atomic E-state index is 12.8. The summed E-state index contributed by atoms with van der Waals surface area (Å²) in [6.45, 7) is 3.68. The molecule has 1 N–H and O–H groups in total. The van der Waals surface area contributed by atoms with Crippen LogP contribution in [0, 0.1) is 5.92 Å². The van der Waals surface area contributed by atoms with Crippen LogP contribution in [0.25, 0.3) is 0 Å². The Morgan fingerprint density at radius 2 is 2.13 bits per heavy atom. The van der Waals surface area contributed by atoms with Crippen LogP contribution < -0.4 is 5.32 Å². The molecule has 23 heavy (non-hydrogen) atoms. The third kappa shape index (κ3) is 4.76. The van der Waals surface area contributed by atoms with Gasteiger partial charge in [0, 0.05) is 25.1 Å². The van der Waals surface area contributed by atoms with Crippen molar-refractivity contribution in [1.82, 2.24) is 9.62 Å². The highest BCUT2D eigenvalue weighted by molar-refractivity contribution is 7.89. The minimum Gasteiger partial charge on any atom is -0.319 e. The van der Waals surface area contributed by atoms with E-state index in [9.17, 15) is 13.2 Å². The lowest BCUT2D eigenvalue weighted by Crippen LogP contribution is -2.42. The van der Waals surface area contributed by atoms with Crippen molar-refractivity contribution in [2.24, 2.45) is 5.92 Å². The van der Waals surface area contributed by atoms with Gasteiger partial charge in [-0.25, -0.2) is 8.42 Å². The molecule has 5 nitrogen and oxygen atoms in total. The van der Waals surface area contributed by atoms with Crippen LogP contribution in [0.4, 0.5) is 0 Å². The van der Waals surface area contributed by atoms with Gasteiger partial charge in [-0.05, 0) is 44.5 Å². The third-order valence-corrected chi connectivity index (χ3v) is 5.95. The zero-order valence-electron chi connectivity index (χ0n) is 13.6. The van der Waals surface area contributed by atoms with Crippen LogP contribution >= 0.6 is 12.4 Å². The molecule has 1 heterocycles. The van der Waals surface area contributed by atoms with Crippen LogP contribution in [-0.2, 0) is 10.0 Å². The number of carbonyl (C=O) groups is 1. The third-order valence-electron chi connectivity index (χ3n) is 4.09. The first-order valence-electron chi connectivity index (χ1n) is 7.77. The predicted molar refractivity (Wildman–Crippen MR) is 93.7 cm³/mol. The van der Waals surface area contributed by atoms with Gasteiger partial charge in [0.15, 0.2) is 5.78 Å². The Morgan fingerprint density at radius 1 is 1.39 bits per heavy atom. The van der Waals surface area contributed by atoms with E-state index in [0.717, 1.165) is 19.4 Å². The van der Waals surface area contributed by atoms with Crippen LogP contribution in [0.5, 0.6) is 0 Å². The lowest BCUT2D eigenvalue weighted by molar-refractivity contribution is 0.0988. The highest BCUT2D eigenvalue weighted by Crippen LogP contribution is 2.24. The van der Waals surface area contributed by atoms with E-state index in [4.69, 9.17) is 0 Å². The molecule has 0 saturated carbocycles. The van der Waals surface area contributed by atoms with E-state index in [1.165, 1.54) is 6.07 Å². The molecular weight excluding hydrogens is 336 g/mol. The standard InChI is InChI=1S/C16H24N2O3S.ClH/c1-3-16(19)14-7-4-8-15(10-14)22(20,21)18-9-5-6-13(12-18)11-17-2;/h4,7-8,10,13,17H,3,5-6,9,11-12H2,1-2H3;1H. The van der Waals surface area contributed by atoms with Gasteiger partial charge in [0.2, 0.25) is 10.0 Å². The molecule has 0 bridgehead atoms. The molecule has 0 aliphatic carbocycles. The number of Topliss-reactive ketones (excluding diaryl/α,β-unsaturated/α-hetero) is 1. The van der Waals surface area contributed by atoms with Crippen LogP contribution in [-0.4, -0.2) is 45.2 Å². The SMILES string of the molecule is CCC(=O)c1cccc(S(=O)(=O)N2CCCC(CNC)C2)c1.Cl. The quantitative estimate of drug-likeness (QED) is 0.790. The molecule has 1 saturated heterocycles. The molecule has 2 rings (SSSR count). The van der Waals surface area contributed by atoms with Gasteiger partial charge in [-0.3, -0.25) is 4.79 Å². The minimum absolute atomic E-state index is 0. The summed E-state index contributed by atoms with van der Waals surface area (Å²) in [6, 6.07) is 6.39. The monoisotopic (exact) mass is 360 g/mol. The molecule has 1 unspecified atom stereocenters. The molecule has 1 aliphatic rings. The number of hydrogen-bond donors (Lipinski definition) is 1. The van der Waals surface area contributed by atoms with E-state index in [0.29, 0.717) is 31.0 Å². The van der Waals surface area contributed by atoms with Gasteiger partial charge in [0.05, 0.1) is 4.90 Å². The summed E-state index contributed by atoms with van der Waals surface area (Å²) in [4.78, 5) is 12.0. The molecule has 0 radical (unpaired) electrons. The van der Waals surface area contributed by atoms with Crippen molar-refractivity contribution >= 4 is 28.2 Å². The van der Waals surface area contributed by atoms with Gasteiger partial charge < -0.3 is 5.32 Å². The Morgan fingerprint density at radius 3 is 2.78 bits per heavy atom. The van der Waals surface area contributed by atoms with E-state index in [2.05, 4.69) is 5.32 Å². The number of nitrogens with one attached hydrogen (secondary N) is 1. The lowest BCUT2D eigenvalue weighted by atomic mass is 10.00. The topological polar surface area (TPSA) is 66.5 Å². The molecule has 7 heteroatoms. The fourth-order valence-corrected chi connectivity index (χ4v) is 4.48. The smallest absolute Gasteiger partial charge is 0.243 e. The van der Waals surface area contributed by atoms with Crippen LogP contribution in [0.3, 0.4) is 0 Å². The van der Waals surface area contributed by atoms with Crippen molar-refractivity contribution in [3.8, 4) is 0 Å². The molecule has 0 spiro atoms. The normalized spacial score (nSPS) is 19.1. The molecule has 1 aromatic rings. The molecule has 1 aliphatic heterocycles. The molecule has 1 aromatic carbocycles. The van der Waals surface area contributed by atoms with Crippen LogP contribution in [0.15, 0.2) is 29.2 Å².